The molecule has 0 saturated carbocycles. The molecule has 2 unspecified atom stereocenters. The number of likely N-dealkylation sites (tertiary alicyclic amines) is 1. The highest BCUT2D eigenvalue weighted by atomic mass is 35.5. The Hall–Kier alpha value is -2.33. The van der Waals surface area contributed by atoms with E-state index in [0.717, 1.165) is 5.56 Å². The van der Waals surface area contributed by atoms with Gasteiger partial charge in [-0.1, -0.05) is 41.9 Å². The van der Waals surface area contributed by atoms with Crippen molar-refractivity contribution in [3.63, 3.8) is 0 Å². The molecule has 1 heterocycles. The molecule has 0 aliphatic carbocycles. The summed E-state index contributed by atoms with van der Waals surface area (Å²) in [5, 5.41) is 3.47. The Labute approximate surface area is 146 Å². The smallest absolute Gasteiger partial charge is 0.229 e. The maximum absolute atomic E-state index is 12.4. The van der Waals surface area contributed by atoms with Crippen molar-refractivity contribution < 1.29 is 9.59 Å². The molecule has 1 saturated heterocycles. The molecule has 124 valence electrons. The second-order valence-electron chi connectivity index (χ2n) is 6.03. The molecule has 2 atom stereocenters. The van der Waals surface area contributed by atoms with Crippen LogP contribution in [0.15, 0.2) is 54.6 Å². The minimum absolute atomic E-state index is 0.0163. The van der Waals surface area contributed by atoms with E-state index in [0.29, 0.717) is 17.3 Å². The Morgan fingerprint density at radius 3 is 2.50 bits per heavy atom. The van der Waals surface area contributed by atoms with Crippen molar-refractivity contribution in [3.8, 4) is 0 Å². The Balaban J connectivity index is 1.65. The summed E-state index contributed by atoms with van der Waals surface area (Å²) in [7, 11) is 0. The van der Waals surface area contributed by atoms with Gasteiger partial charge in [-0.3, -0.25) is 9.59 Å². The summed E-state index contributed by atoms with van der Waals surface area (Å²) in [5.41, 5.74) is 1.76. The first-order chi connectivity index (χ1) is 11.5. The van der Waals surface area contributed by atoms with Crippen molar-refractivity contribution in [1.82, 2.24) is 4.90 Å². The van der Waals surface area contributed by atoms with Crippen molar-refractivity contribution in [2.45, 2.75) is 19.4 Å². The van der Waals surface area contributed by atoms with Crippen LogP contribution in [0, 0.1) is 5.92 Å². The Kier molecular flexibility index (Phi) is 4.86. The van der Waals surface area contributed by atoms with Crippen LogP contribution in [0.3, 0.4) is 0 Å². The molecule has 1 aliphatic rings. The molecule has 24 heavy (non-hydrogen) atoms. The Morgan fingerprint density at radius 1 is 1.17 bits per heavy atom. The van der Waals surface area contributed by atoms with Crippen LogP contribution in [0.2, 0.25) is 5.02 Å². The molecule has 2 aromatic carbocycles. The number of benzene rings is 2. The van der Waals surface area contributed by atoms with E-state index in [2.05, 4.69) is 5.32 Å². The van der Waals surface area contributed by atoms with Crippen LogP contribution < -0.4 is 5.32 Å². The van der Waals surface area contributed by atoms with Gasteiger partial charge in [-0.05, 0) is 36.8 Å². The number of carbonyl (C=O) groups is 2. The summed E-state index contributed by atoms with van der Waals surface area (Å²) in [6, 6.07) is 16.8. The van der Waals surface area contributed by atoms with Gasteiger partial charge in [0.15, 0.2) is 0 Å². The molecule has 1 aliphatic heterocycles. The van der Waals surface area contributed by atoms with Crippen LogP contribution in [0.25, 0.3) is 0 Å². The van der Waals surface area contributed by atoms with Crippen LogP contribution in [-0.4, -0.2) is 23.3 Å². The van der Waals surface area contributed by atoms with Gasteiger partial charge in [0.1, 0.15) is 0 Å². The highest BCUT2D eigenvalue weighted by Crippen LogP contribution is 2.29. The van der Waals surface area contributed by atoms with Crippen LogP contribution in [0.4, 0.5) is 5.69 Å². The summed E-state index contributed by atoms with van der Waals surface area (Å²) in [5.74, 6) is -0.449. The monoisotopic (exact) mass is 342 g/mol. The zero-order chi connectivity index (χ0) is 17.1. The van der Waals surface area contributed by atoms with E-state index in [1.807, 2.05) is 37.3 Å². The quantitative estimate of drug-likeness (QED) is 0.916. The molecule has 3 rings (SSSR count). The van der Waals surface area contributed by atoms with Gasteiger partial charge in [-0.2, -0.15) is 0 Å². The van der Waals surface area contributed by atoms with Crippen LogP contribution in [-0.2, 0) is 9.59 Å². The van der Waals surface area contributed by atoms with E-state index >= 15 is 0 Å². The number of hydrogen-bond acceptors (Lipinski definition) is 2. The maximum Gasteiger partial charge on any atom is 0.229 e. The molecule has 0 aromatic heterocycles. The lowest BCUT2D eigenvalue weighted by atomic mass is 10.1. The highest BCUT2D eigenvalue weighted by Gasteiger charge is 2.36. The van der Waals surface area contributed by atoms with Gasteiger partial charge >= 0.3 is 0 Å². The maximum atomic E-state index is 12.4. The summed E-state index contributed by atoms with van der Waals surface area (Å²) in [6.45, 7) is 2.43. The number of anilines is 1. The summed E-state index contributed by atoms with van der Waals surface area (Å²) in [4.78, 5) is 26.5. The number of hydrogen-bond donors (Lipinski definition) is 1. The van der Waals surface area contributed by atoms with Crippen molar-refractivity contribution in [2.75, 3.05) is 11.9 Å². The van der Waals surface area contributed by atoms with Gasteiger partial charge in [0.25, 0.3) is 0 Å². The third-order valence-corrected chi connectivity index (χ3v) is 4.64. The molecule has 0 bridgehead atoms. The third kappa shape index (κ3) is 3.60. The van der Waals surface area contributed by atoms with E-state index in [1.165, 1.54) is 0 Å². The molecule has 0 spiro atoms. The second kappa shape index (κ2) is 7.05. The first-order valence-corrected chi connectivity index (χ1v) is 8.33. The van der Waals surface area contributed by atoms with Gasteiger partial charge in [-0.25, -0.2) is 0 Å². The number of carbonyl (C=O) groups excluding carboxylic acids is 2. The third-order valence-electron chi connectivity index (χ3n) is 4.39. The molecule has 1 fully saturated rings. The zero-order valence-corrected chi connectivity index (χ0v) is 14.2. The van der Waals surface area contributed by atoms with Crippen molar-refractivity contribution in [3.05, 3.63) is 65.2 Å². The topological polar surface area (TPSA) is 49.4 Å². The van der Waals surface area contributed by atoms with Gasteiger partial charge in [0.05, 0.1) is 12.0 Å². The van der Waals surface area contributed by atoms with Gasteiger partial charge in [0, 0.05) is 23.7 Å². The lowest BCUT2D eigenvalue weighted by molar-refractivity contribution is -0.129. The minimum Gasteiger partial charge on any atom is -0.335 e. The molecule has 0 radical (unpaired) electrons. The SMILES string of the molecule is CC(c1ccccc1)N1CC(C(=O)Nc2ccc(Cl)cc2)CC1=O. The van der Waals surface area contributed by atoms with Crippen LogP contribution in [0.1, 0.15) is 24.9 Å². The Bertz CT molecular complexity index is 731. The number of nitrogens with one attached hydrogen (secondary N) is 1. The fraction of sp³-hybridized carbons (Fsp3) is 0.263. The Morgan fingerprint density at radius 2 is 1.83 bits per heavy atom. The second-order valence-corrected chi connectivity index (χ2v) is 6.47. The van der Waals surface area contributed by atoms with Crippen molar-refractivity contribution in [2.24, 2.45) is 5.92 Å². The summed E-state index contributed by atoms with van der Waals surface area (Å²) in [6.07, 6.45) is 0.247. The van der Waals surface area contributed by atoms with Gasteiger partial charge in [-0.15, -0.1) is 0 Å². The van der Waals surface area contributed by atoms with Gasteiger partial charge < -0.3 is 10.2 Å². The lowest BCUT2D eigenvalue weighted by Gasteiger charge is -2.25. The number of nitrogens with zero attached hydrogens (tertiary/aromatic N) is 1. The molecule has 2 aromatic rings. The fourth-order valence-electron chi connectivity index (χ4n) is 2.97. The average molecular weight is 343 g/mol. The lowest BCUT2D eigenvalue weighted by Crippen LogP contribution is -2.30. The van der Waals surface area contributed by atoms with Gasteiger partial charge in [0.2, 0.25) is 11.8 Å². The largest absolute Gasteiger partial charge is 0.335 e. The minimum atomic E-state index is -0.334. The van der Waals surface area contributed by atoms with E-state index in [4.69, 9.17) is 11.6 Å². The van der Waals surface area contributed by atoms with Crippen molar-refractivity contribution >= 4 is 29.1 Å². The summed E-state index contributed by atoms with van der Waals surface area (Å²) < 4.78 is 0. The molecule has 5 heteroatoms. The first-order valence-electron chi connectivity index (χ1n) is 7.95. The number of halogens is 1. The van der Waals surface area contributed by atoms with E-state index in [1.54, 1.807) is 29.2 Å². The first kappa shape index (κ1) is 16.5. The van der Waals surface area contributed by atoms with E-state index < -0.39 is 0 Å². The van der Waals surface area contributed by atoms with Crippen LogP contribution >= 0.6 is 11.6 Å². The average Bonchev–Trinajstić information content (AvgIpc) is 2.99. The molecule has 1 N–H and O–H groups in total. The predicted molar refractivity (Wildman–Crippen MR) is 94.8 cm³/mol. The van der Waals surface area contributed by atoms with Crippen molar-refractivity contribution in [1.29, 1.82) is 0 Å². The van der Waals surface area contributed by atoms with E-state index in [9.17, 15) is 9.59 Å². The molecular weight excluding hydrogens is 324 g/mol. The summed E-state index contributed by atoms with van der Waals surface area (Å²) >= 11 is 5.84. The zero-order valence-electron chi connectivity index (χ0n) is 13.4. The molecule has 4 nitrogen and oxygen atoms in total. The molecular formula is C19H19ClN2O2. The van der Waals surface area contributed by atoms with E-state index in [-0.39, 0.29) is 30.2 Å². The molecule has 2 amide bonds. The van der Waals surface area contributed by atoms with Crippen LogP contribution in [0.5, 0.6) is 0 Å². The fourth-order valence-corrected chi connectivity index (χ4v) is 3.10. The number of rotatable bonds is 4. The normalized spacial score (nSPS) is 18.5. The highest BCUT2D eigenvalue weighted by molar-refractivity contribution is 6.30. The standard InChI is InChI=1S/C19H19ClN2O2/c1-13(14-5-3-2-4-6-14)22-12-15(11-18(22)23)19(24)21-17-9-7-16(20)8-10-17/h2-10,13,15H,11-12H2,1H3,(H,21,24). The number of amides is 2. The predicted octanol–water partition coefficient (Wildman–Crippen LogP) is 3.89.